The largest absolute Gasteiger partial charge is 0.493 e. The second kappa shape index (κ2) is 5.06. The lowest BCUT2D eigenvalue weighted by atomic mass is 9.95. The van der Waals surface area contributed by atoms with Gasteiger partial charge in [0.1, 0.15) is 5.75 Å². The molecule has 1 aromatic rings. The van der Waals surface area contributed by atoms with Crippen LogP contribution in [0.2, 0.25) is 10.0 Å². The number of halogens is 2. The summed E-state index contributed by atoms with van der Waals surface area (Å²) in [5.74, 6) is 0.675. The van der Waals surface area contributed by atoms with Gasteiger partial charge in [0.05, 0.1) is 6.61 Å². The van der Waals surface area contributed by atoms with E-state index in [1.165, 1.54) is 0 Å². The molecule has 2 N–H and O–H groups in total. The third-order valence-corrected chi connectivity index (χ3v) is 2.45. The summed E-state index contributed by atoms with van der Waals surface area (Å²) in [5, 5.41) is 1.14. The zero-order valence-electron chi connectivity index (χ0n) is 8.89. The molecule has 0 fully saturated rings. The van der Waals surface area contributed by atoms with Crippen LogP contribution in [0.5, 0.6) is 5.75 Å². The van der Waals surface area contributed by atoms with E-state index in [1.807, 2.05) is 13.8 Å². The van der Waals surface area contributed by atoms with Crippen LogP contribution < -0.4 is 10.5 Å². The van der Waals surface area contributed by atoms with Gasteiger partial charge < -0.3 is 10.5 Å². The molecule has 0 saturated heterocycles. The van der Waals surface area contributed by atoms with E-state index in [1.54, 1.807) is 18.2 Å². The van der Waals surface area contributed by atoms with Crippen molar-refractivity contribution in [3.8, 4) is 5.75 Å². The molecular weight excluding hydrogens is 233 g/mol. The molecular formula is C11H15Cl2NO. The minimum absolute atomic E-state index is 0.0468. The Balaban J connectivity index is 2.65. The highest BCUT2D eigenvalue weighted by atomic mass is 35.5. The van der Waals surface area contributed by atoms with Crippen molar-refractivity contribution in [1.82, 2.24) is 0 Å². The maximum absolute atomic E-state index is 5.84. The SMILES string of the molecule is CC(C)(CN)COc1cc(Cl)cc(Cl)c1. The summed E-state index contributed by atoms with van der Waals surface area (Å²) in [5.41, 5.74) is 5.55. The summed E-state index contributed by atoms with van der Waals surface area (Å²) < 4.78 is 5.57. The predicted molar refractivity (Wildman–Crippen MR) is 64.8 cm³/mol. The van der Waals surface area contributed by atoms with E-state index < -0.39 is 0 Å². The Labute approximate surface area is 100 Å². The van der Waals surface area contributed by atoms with Crippen molar-refractivity contribution in [2.75, 3.05) is 13.2 Å². The summed E-state index contributed by atoms with van der Waals surface area (Å²) >= 11 is 11.7. The van der Waals surface area contributed by atoms with Crippen molar-refractivity contribution in [2.45, 2.75) is 13.8 Å². The number of nitrogens with two attached hydrogens (primary N) is 1. The molecule has 0 unspecified atom stereocenters. The van der Waals surface area contributed by atoms with Gasteiger partial charge in [0, 0.05) is 22.0 Å². The van der Waals surface area contributed by atoms with Gasteiger partial charge in [-0.2, -0.15) is 0 Å². The number of rotatable bonds is 4. The van der Waals surface area contributed by atoms with E-state index >= 15 is 0 Å². The van der Waals surface area contributed by atoms with E-state index in [0.29, 0.717) is 28.9 Å². The zero-order chi connectivity index (χ0) is 11.5. The first-order chi connectivity index (χ1) is 6.93. The van der Waals surface area contributed by atoms with Gasteiger partial charge in [0.2, 0.25) is 0 Å². The Kier molecular flexibility index (Phi) is 4.26. The lowest BCUT2D eigenvalue weighted by molar-refractivity contribution is 0.187. The molecule has 0 radical (unpaired) electrons. The van der Waals surface area contributed by atoms with Crippen molar-refractivity contribution < 1.29 is 4.74 Å². The number of ether oxygens (including phenoxy) is 1. The Morgan fingerprint density at radius 1 is 1.20 bits per heavy atom. The fourth-order valence-electron chi connectivity index (χ4n) is 0.949. The lowest BCUT2D eigenvalue weighted by Gasteiger charge is -2.22. The summed E-state index contributed by atoms with van der Waals surface area (Å²) in [6.45, 7) is 5.19. The molecule has 1 aromatic carbocycles. The Bertz CT molecular complexity index is 319. The van der Waals surface area contributed by atoms with Crippen molar-refractivity contribution in [3.05, 3.63) is 28.2 Å². The van der Waals surface area contributed by atoms with Crippen LogP contribution in [0.3, 0.4) is 0 Å². The molecule has 0 amide bonds. The molecule has 1 rings (SSSR count). The first kappa shape index (κ1) is 12.6. The molecule has 0 aliphatic heterocycles. The average molecular weight is 248 g/mol. The van der Waals surface area contributed by atoms with Crippen LogP contribution in [0.15, 0.2) is 18.2 Å². The fourth-order valence-corrected chi connectivity index (χ4v) is 1.46. The standard InChI is InChI=1S/C11H15Cl2NO/c1-11(2,6-14)7-15-10-4-8(12)3-9(13)5-10/h3-5H,6-7,14H2,1-2H3. The Morgan fingerprint density at radius 2 is 1.73 bits per heavy atom. The van der Waals surface area contributed by atoms with Gasteiger partial charge in [0.25, 0.3) is 0 Å². The van der Waals surface area contributed by atoms with Gasteiger partial charge in [-0.05, 0) is 18.2 Å². The zero-order valence-corrected chi connectivity index (χ0v) is 10.4. The summed E-state index contributed by atoms with van der Waals surface area (Å²) in [7, 11) is 0. The van der Waals surface area contributed by atoms with E-state index in [4.69, 9.17) is 33.7 Å². The summed E-state index contributed by atoms with van der Waals surface area (Å²) in [6, 6.07) is 5.14. The van der Waals surface area contributed by atoms with Crippen LogP contribution >= 0.6 is 23.2 Å². The molecule has 0 atom stereocenters. The average Bonchev–Trinajstić information content (AvgIpc) is 2.14. The second-order valence-corrected chi connectivity index (χ2v) is 5.14. The minimum atomic E-state index is -0.0468. The van der Waals surface area contributed by atoms with Gasteiger partial charge in [-0.1, -0.05) is 37.0 Å². The number of hydrogen-bond donors (Lipinski definition) is 1. The summed E-state index contributed by atoms with van der Waals surface area (Å²) in [4.78, 5) is 0. The molecule has 15 heavy (non-hydrogen) atoms. The highest BCUT2D eigenvalue weighted by Gasteiger charge is 2.16. The van der Waals surface area contributed by atoms with Crippen molar-refractivity contribution in [3.63, 3.8) is 0 Å². The van der Waals surface area contributed by atoms with E-state index in [9.17, 15) is 0 Å². The molecule has 84 valence electrons. The molecule has 0 aromatic heterocycles. The van der Waals surface area contributed by atoms with Crippen LogP contribution in [0.25, 0.3) is 0 Å². The van der Waals surface area contributed by atoms with Crippen molar-refractivity contribution in [1.29, 1.82) is 0 Å². The maximum Gasteiger partial charge on any atom is 0.122 e. The second-order valence-electron chi connectivity index (χ2n) is 4.26. The van der Waals surface area contributed by atoms with Crippen LogP contribution in [0.1, 0.15) is 13.8 Å². The highest BCUT2D eigenvalue weighted by Crippen LogP contribution is 2.25. The predicted octanol–water partition coefficient (Wildman–Crippen LogP) is 3.36. The Morgan fingerprint density at radius 3 is 2.20 bits per heavy atom. The van der Waals surface area contributed by atoms with E-state index in [2.05, 4.69) is 0 Å². The number of hydrogen-bond acceptors (Lipinski definition) is 2. The van der Waals surface area contributed by atoms with Crippen molar-refractivity contribution >= 4 is 23.2 Å². The monoisotopic (exact) mass is 247 g/mol. The normalized spacial score (nSPS) is 11.5. The third-order valence-electron chi connectivity index (χ3n) is 2.02. The maximum atomic E-state index is 5.84. The van der Waals surface area contributed by atoms with Gasteiger partial charge in [-0.3, -0.25) is 0 Å². The van der Waals surface area contributed by atoms with Crippen LogP contribution in [-0.4, -0.2) is 13.2 Å². The topological polar surface area (TPSA) is 35.2 Å². The molecule has 0 spiro atoms. The van der Waals surface area contributed by atoms with Gasteiger partial charge in [-0.15, -0.1) is 0 Å². The van der Waals surface area contributed by atoms with Crippen LogP contribution in [0, 0.1) is 5.41 Å². The molecule has 4 heteroatoms. The van der Waals surface area contributed by atoms with E-state index in [0.717, 1.165) is 0 Å². The van der Waals surface area contributed by atoms with E-state index in [-0.39, 0.29) is 5.41 Å². The van der Waals surface area contributed by atoms with Gasteiger partial charge in [-0.25, -0.2) is 0 Å². The smallest absolute Gasteiger partial charge is 0.122 e. The van der Waals surface area contributed by atoms with Gasteiger partial charge in [0.15, 0.2) is 0 Å². The molecule has 0 heterocycles. The third kappa shape index (κ3) is 4.29. The molecule has 0 saturated carbocycles. The fraction of sp³-hybridized carbons (Fsp3) is 0.455. The molecule has 0 aliphatic carbocycles. The van der Waals surface area contributed by atoms with Gasteiger partial charge >= 0.3 is 0 Å². The molecule has 0 bridgehead atoms. The lowest BCUT2D eigenvalue weighted by Crippen LogP contribution is -2.30. The van der Waals surface area contributed by atoms with Crippen LogP contribution in [-0.2, 0) is 0 Å². The first-order valence-corrected chi connectivity index (χ1v) is 5.47. The first-order valence-electron chi connectivity index (χ1n) is 4.72. The van der Waals surface area contributed by atoms with Crippen molar-refractivity contribution in [2.24, 2.45) is 11.1 Å². The highest BCUT2D eigenvalue weighted by molar-refractivity contribution is 6.34. The molecule has 2 nitrogen and oxygen atoms in total. The quantitative estimate of drug-likeness (QED) is 0.886. The van der Waals surface area contributed by atoms with Crippen LogP contribution in [0.4, 0.5) is 0 Å². The minimum Gasteiger partial charge on any atom is -0.493 e. The number of benzene rings is 1. The Hall–Kier alpha value is -0.440. The molecule has 0 aliphatic rings. The summed E-state index contributed by atoms with van der Waals surface area (Å²) in [6.07, 6.45) is 0.